The highest BCUT2D eigenvalue weighted by molar-refractivity contribution is 9.10. The Morgan fingerprint density at radius 1 is 1.15 bits per heavy atom. The van der Waals surface area contributed by atoms with Gasteiger partial charge >= 0.3 is 0 Å². The number of carbonyl (C=O) groups excluding carboxylic acids is 1. The molecule has 1 N–H and O–H groups in total. The van der Waals surface area contributed by atoms with E-state index in [1.165, 1.54) is 5.56 Å². The molecule has 2 nitrogen and oxygen atoms in total. The van der Waals surface area contributed by atoms with Crippen molar-refractivity contribution in [2.45, 2.75) is 19.3 Å². The molecule has 0 radical (unpaired) electrons. The second-order valence-electron chi connectivity index (χ2n) is 5.26. The van der Waals surface area contributed by atoms with Crippen LogP contribution in [0.15, 0.2) is 53.0 Å². The maximum Gasteiger partial charge on any atom is 0.228 e. The summed E-state index contributed by atoms with van der Waals surface area (Å²) in [4.78, 5) is 12.3. The van der Waals surface area contributed by atoms with E-state index in [9.17, 15) is 4.79 Å². The molecule has 1 aliphatic rings. The van der Waals surface area contributed by atoms with E-state index in [2.05, 4.69) is 33.4 Å². The zero-order valence-corrected chi connectivity index (χ0v) is 12.9. The monoisotopic (exact) mass is 329 g/mol. The lowest BCUT2D eigenvalue weighted by Crippen LogP contribution is -2.15. The summed E-state index contributed by atoms with van der Waals surface area (Å²) in [6.45, 7) is 2.00. The van der Waals surface area contributed by atoms with Gasteiger partial charge in [0.2, 0.25) is 5.91 Å². The molecular weight excluding hydrogens is 314 g/mol. The molecule has 2 aromatic rings. The van der Waals surface area contributed by atoms with E-state index in [1.807, 2.05) is 43.3 Å². The van der Waals surface area contributed by atoms with E-state index in [0.717, 1.165) is 22.1 Å². The van der Waals surface area contributed by atoms with Crippen LogP contribution in [-0.4, -0.2) is 5.91 Å². The molecule has 0 spiro atoms. The number of hydrogen-bond acceptors (Lipinski definition) is 1. The SMILES string of the molecule is Cc1c(Br)cccc1NC(=O)[C@@H]1C[C@@H]1c1ccccc1. The lowest BCUT2D eigenvalue weighted by Gasteiger charge is -2.09. The van der Waals surface area contributed by atoms with Gasteiger partial charge in [-0.2, -0.15) is 0 Å². The van der Waals surface area contributed by atoms with E-state index in [1.54, 1.807) is 0 Å². The van der Waals surface area contributed by atoms with Crippen molar-refractivity contribution in [1.29, 1.82) is 0 Å². The Bertz CT molecular complexity index is 639. The van der Waals surface area contributed by atoms with Crippen LogP contribution in [0.1, 0.15) is 23.5 Å². The Morgan fingerprint density at radius 3 is 2.65 bits per heavy atom. The number of hydrogen-bond donors (Lipinski definition) is 1. The zero-order chi connectivity index (χ0) is 14.1. The highest BCUT2D eigenvalue weighted by atomic mass is 79.9. The Hall–Kier alpha value is -1.61. The predicted octanol–water partition coefficient (Wildman–Crippen LogP) is 4.50. The van der Waals surface area contributed by atoms with Crippen molar-refractivity contribution >= 4 is 27.5 Å². The van der Waals surface area contributed by atoms with E-state index in [4.69, 9.17) is 0 Å². The Kier molecular flexibility index (Phi) is 3.62. The normalized spacial score (nSPS) is 20.5. The molecule has 0 saturated heterocycles. The maximum absolute atomic E-state index is 12.3. The average Bonchev–Trinajstić information content (AvgIpc) is 3.25. The fourth-order valence-corrected chi connectivity index (χ4v) is 2.89. The molecule has 2 atom stereocenters. The van der Waals surface area contributed by atoms with Crippen molar-refractivity contribution in [1.82, 2.24) is 0 Å². The average molecular weight is 330 g/mol. The number of benzene rings is 2. The molecule has 102 valence electrons. The summed E-state index contributed by atoms with van der Waals surface area (Å²) in [6.07, 6.45) is 0.947. The van der Waals surface area contributed by atoms with Crippen LogP contribution in [0.4, 0.5) is 5.69 Å². The van der Waals surface area contributed by atoms with Crippen LogP contribution in [0.25, 0.3) is 0 Å². The third-order valence-corrected chi connectivity index (χ3v) is 4.74. The third kappa shape index (κ3) is 2.63. The number of anilines is 1. The molecule has 1 aliphatic carbocycles. The number of carbonyl (C=O) groups is 1. The Balaban J connectivity index is 1.69. The molecule has 2 aromatic carbocycles. The summed E-state index contributed by atoms with van der Waals surface area (Å²) in [5.41, 5.74) is 3.22. The highest BCUT2D eigenvalue weighted by Gasteiger charge is 2.43. The Labute approximate surface area is 127 Å². The van der Waals surface area contributed by atoms with Gasteiger partial charge < -0.3 is 5.32 Å². The lowest BCUT2D eigenvalue weighted by molar-refractivity contribution is -0.117. The number of halogens is 1. The molecule has 0 bridgehead atoms. The number of nitrogens with one attached hydrogen (secondary N) is 1. The molecule has 3 heteroatoms. The third-order valence-electron chi connectivity index (χ3n) is 3.88. The minimum atomic E-state index is 0.107. The van der Waals surface area contributed by atoms with E-state index < -0.39 is 0 Å². The molecule has 0 unspecified atom stereocenters. The first-order chi connectivity index (χ1) is 9.66. The van der Waals surface area contributed by atoms with E-state index in [-0.39, 0.29) is 11.8 Å². The first kappa shape index (κ1) is 13.4. The molecule has 1 amide bonds. The fraction of sp³-hybridized carbons (Fsp3) is 0.235. The molecule has 0 aliphatic heterocycles. The smallest absolute Gasteiger partial charge is 0.228 e. The van der Waals surface area contributed by atoms with E-state index >= 15 is 0 Å². The summed E-state index contributed by atoms with van der Waals surface area (Å²) in [6, 6.07) is 16.1. The molecule has 0 heterocycles. The minimum Gasteiger partial charge on any atom is -0.326 e. The predicted molar refractivity (Wildman–Crippen MR) is 84.8 cm³/mol. The van der Waals surface area contributed by atoms with Crippen LogP contribution >= 0.6 is 15.9 Å². The number of rotatable bonds is 3. The van der Waals surface area contributed by atoms with Crippen molar-refractivity contribution in [3.8, 4) is 0 Å². The summed E-state index contributed by atoms with van der Waals surface area (Å²) in [7, 11) is 0. The van der Waals surface area contributed by atoms with Crippen LogP contribution in [0, 0.1) is 12.8 Å². The van der Waals surface area contributed by atoms with Crippen molar-refractivity contribution in [2.24, 2.45) is 5.92 Å². The van der Waals surface area contributed by atoms with Gasteiger partial charge in [0.1, 0.15) is 0 Å². The van der Waals surface area contributed by atoms with Crippen molar-refractivity contribution < 1.29 is 4.79 Å². The zero-order valence-electron chi connectivity index (χ0n) is 11.3. The lowest BCUT2D eigenvalue weighted by atomic mass is 10.1. The van der Waals surface area contributed by atoms with Crippen molar-refractivity contribution in [3.63, 3.8) is 0 Å². The summed E-state index contributed by atoms with van der Waals surface area (Å²) < 4.78 is 1.02. The fourth-order valence-electron chi connectivity index (χ4n) is 2.52. The molecule has 1 saturated carbocycles. The second kappa shape index (κ2) is 5.41. The number of amides is 1. The van der Waals surface area contributed by atoms with Gasteiger partial charge in [-0.15, -0.1) is 0 Å². The van der Waals surface area contributed by atoms with Crippen LogP contribution < -0.4 is 5.32 Å². The summed E-state index contributed by atoms with van der Waals surface area (Å²) in [5, 5.41) is 3.04. The first-order valence-electron chi connectivity index (χ1n) is 6.77. The second-order valence-corrected chi connectivity index (χ2v) is 6.12. The quantitative estimate of drug-likeness (QED) is 0.882. The first-order valence-corrected chi connectivity index (χ1v) is 7.57. The standard InChI is InChI=1S/C17H16BrNO/c1-11-15(18)8-5-9-16(11)19-17(20)14-10-13(14)12-6-3-2-4-7-12/h2-9,13-14H,10H2,1H3,(H,19,20)/t13-,14-/m1/s1. The van der Waals surface area contributed by atoms with Gasteiger partial charge in [0.15, 0.2) is 0 Å². The van der Waals surface area contributed by atoms with Gasteiger partial charge in [0.25, 0.3) is 0 Å². The van der Waals surface area contributed by atoms with E-state index in [0.29, 0.717) is 5.92 Å². The van der Waals surface area contributed by atoms with Gasteiger partial charge in [-0.1, -0.05) is 52.3 Å². The van der Waals surface area contributed by atoms with Crippen LogP contribution in [0.3, 0.4) is 0 Å². The minimum absolute atomic E-state index is 0.107. The largest absolute Gasteiger partial charge is 0.326 e. The van der Waals surface area contributed by atoms with Crippen LogP contribution in [0.2, 0.25) is 0 Å². The highest BCUT2D eigenvalue weighted by Crippen LogP contribution is 2.48. The van der Waals surface area contributed by atoms with Gasteiger partial charge in [-0.3, -0.25) is 4.79 Å². The van der Waals surface area contributed by atoms with Gasteiger partial charge in [0, 0.05) is 16.1 Å². The molecular formula is C17H16BrNO. The summed E-state index contributed by atoms with van der Waals surface area (Å²) >= 11 is 3.49. The maximum atomic E-state index is 12.3. The Morgan fingerprint density at radius 2 is 1.90 bits per heavy atom. The molecule has 20 heavy (non-hydrogen) atoms. The molecule has 0 aromatic heterocycles. The van der Waals surface area contributed by atoms with Crippen LogP contribution in [-0.2, 0) is 4.79 Å². The van der Waals surface area contributed by atoms with Gasteiger partial charge in [-0.05, 0) is 42.5 Å². The van der Waals surface area contributed by atoms with Gasteiger partial charge in [-0.25, -0.2) is 0 Å². The molecule has 3 rings (SSSR count). The topological polar surface area (TPSA) is 29.1 Å². The summed E-state index contributed by atoms with van der Waals surface area (Å²) in [5.74, 6) is 0.611. The van der Waals surface area contributed by atoms with Crippen LogP contribution in [0.5, 0.6) is 0 Å². The van der Waals surface area contributed by atoms with Crippen molar-refractivity contribution in [2.75, 3.05) is 5.32 Å². The van der Waals surface area contributed by atoms with Crippen molar-refractivity contribution in [3.05, 3.63) is 64.1 Å². The van der Waals surface area contributed by atoms with Gasteiger partial charge in [0.05, 0.1) is 0 Å². The molecule has 1 fully saturated rings.